The van der Waals surface area contributed by atoms with Crippen LogP contribution in [0.3, 0.4) is 0 Å². The molecule has 0 aliphatic rings. The summed E-state index contributed by atoms with van der Waals surface area (Å²) in [5.41, 5.74) is 1.90. The van der Waals surface area contributed by atoms with Crippen molar-refractivity contribution in [1.82, 2.24) is 0 Å². The molecule has 1 nitrogen and oxygen atoms in total. The zero-order valence-corrected chi connectivity index (χ0v) is 11.9. The van der Waals surface area contributed by atoms with Gasteiger partial charge in [0.15, 0.2) is 0 Å². The van der Waals surface area contributed by atoms with Gasteiger partial charge in [-0.2, -0.15) is 11.8 Å². The summed E-state index contributed by atoms with van der Waals surface area (Å²) in [4.78, 5) is 3.85. The third-order valence-electron chi connectivity index (χ3n) is 1.79. The molecule has 72 valence electrons. The van der Waals surface area contributed by atoms with Crippen LogP contribution < -0.4 is 0 Å². The Hall–Kier alpha value is -0.162. The topological polar surface area (TPSA) is 12.4 Å². The van der Waals surface area contributed by atoms with Crippen molar-refractivity contribution >= 4 is 6.21 Å². The van der Waals surface area contributed by atoms with Crippen molar-refractivity contribution in [3.05, 3.63) is 23.9 Å². The van der Waals surface area contributed by atoms with Crippen LogP contribution in [0.1, 0.15) is 34.6 Å². The molecule has 0 atom stereocenters. The van der Waals surface area contributed by atoms with Crippen LogP contribution in [-0.4, -0.2) is 6.21 Å². The molecule has 0 saturated heterocycles. The van der Waals surface area contributed by atoms with Crippen LogP contribution in [0, 0.1) is 12.0 Å². The van der Waals surface area contributed by atoms with E-state index in [-0.39, 0.29) is 26.5 Å². The van der Waals surface area contributed by atoms with Gasteiger partial charge in [0, 0.05) is 0 Å². The van der Waals surface area contributed by atoms with E-state index in [1.165, 1.54) is 5.57 Å². The molecule has 0 fully saturated rings. The van der Waals surface area contributed by atoms with Crippen LogP contribution in [0.25, 0.3) is 0 Å². The third kappa shape index (κ3) is 6.95. The largest absolute Gasteiger partial charge is 2.00 e. The molecule has 0 aromatic carbocycles. The fraction of sp³-hybridized carbons (Fsp3) is 0.545. The minimum absolute atomic E-state index is 0. The zero-order valence-electron chi connectivity index (χ0n) is 9.01. The summed E-state index contributed by atoms with van der Waals surface area (Å²) in [6, 6.07) is 0. The maximum absolute atomic E-state index is 5.59. The Balaban J connectivity index is 0. The molecule has 0 spiro atoms. The average Bonchev–Trinajstić information content (AvgIpc) is 1.85. The van der Waals surface area contributed by atoms with Gasteiger partial charge in [0.25, 0.3) is 0 Å². The molecule has 0 unspecified atom stereocenters. The maximum atomic E-state index is 5.59. The van der Waals surface area contributed by atoms with E-state index in [1.54, 1.807) is 6.92 Å². The van der Waals surface area contributed by atoms with E-state index >= 15 is 0 Å². The van der Waals surface area contributed by atoms with Crippen molar-refractivity contribution in [1.29, 1.82) is 0 Å². The summed E-state index contributed by atoms with van der Waals surface area (Å²) < 4.78 is 0. The minimum Gasteiger partial charge on any atom is -0.494 e. The first kappa shape index (κ1) is 15.3. The van der Waals surface area contributed by atoms with Crippen molar-refractivity contribution in [2.75, 3.05) is 0 Å². The third-order valence-corrected chi connectivity index (χ3v) is 1.79. The standard InChI is InChI=1S/C11H17N.W/c1-7-12-10(3)8-9(2)11(4,5)6;/h3,8H,1-2,4-6H3;/q-2;+2/b9-8+;. The summed E-state index contributed by atoms with van der Waals surface area (Å²) >= 11 is 0. The second kappa shape index (κ2) is 6.32. The summed E-state index contributed by atoms with van der Waals surface area (Å²) in [6.07, 6.45) is 4.53. The first-order chi connectivity index (χ1) is 5.38. The molecule has 0 aliphatic carbocycles. The van der Waals surface area contributed by atoms with E-state index in [9.17, 15) is 0 Å². The molecule has 0 amide bonds. The first-order valence-electron chi connectivity index (χ1n) is 4.06. The van der Waals surface area contributed by atoms with E-state index in [0.29, 0.717) is 5.70 Å². The van der Waals surface area contributed by atoms with E-state index in [2.05, 4.69) is 38.9 Å². The summed E-state index contributed by atoms with van der Waals surface area (Å²) in [7, 11) is 0. The van der Waals surface area contributed by atoms with Gasteiger partial charge in [-0.25, -0.2) is 0 Å². The van der Waals surface area contributed by atoms with Gasteiger partial charge in [-0.05, 0) is 5.41 Å². The predicted octanol–water partition coefficient (Wildman–Crippen LogP) is 3.26. The van der Waals surface area contributed by atoms with Crippen molar-refractivity contribution < 1.29 is 21.1 Å². The molecule has 0 heterocycles. The van der Waals surface area contributed by atoms with Crippen molar-refractivity contribution in [2.24, 2.45) is 10.4 Å². The van der Waals surface area contributed by atoms with E-state index in [0.717, 1.165) is 0 Å². The van der Waals surface area contributed by atoms with E-state index < -0.39 is 0 Å². The molecule has 0 rings (SSSR count). The van der Waals surface area contributed by atoms with Gasteiger partial charge in [-0.3, -0.25) is 11.8 Å². The van der Waals surface area contributed by atoms with Crippen molar-refractivity contribution in [2.45, 2.75) is 34.6 Å². The number of hydrogen-bond acceptors (Lipinski definition) is 1. The molecular weight excluding hydrogens is 330 g/mol. The SMILES string of the molecule is [CH-]=C(/C=C(\C)C(C)(C)C)N=[C-]C.[W+2]. The number of hydrogen-bond donors (Lipinski definition) is 0. The van der Waals surface area contributed by atoms with Crippen LogP contribution in [0.2, 0.25) is 0 Å². The van der Waals surface area contributed by atoms with Crippen LogP contribution in [0.4, 0.5) is 0 Å². The maximum Gasteiger partial charge on any atom is 2.00 e. The molecule has 13 heavy (non-hydrogen) atoms. The van der Waals surface area contributed by atoms with Crippen LogP contribution in [-0.2, 0) is 21.1 Å². The summed E-state index contributed by atoms with van der Waals surface area (Å²) in [6.45, 7) is 15.8. The summed E-state index contributed by atoms with van der Waals surface area (Å²) in [5, 5.41) is 0. The predicted molar refractivity (Wildman–Crippen MR) is 54.1 cm³/mol. The molecule has 0 bridgehead atoms. The Morgan fingerprint density at radius 2 is 1.85 bits per heavy atom. The smallest absolute Gasteiger partial charge is 0.494 e. The van der Waals surface area contributed by atoms with Crippen LogP contribution in [0.15, 0.2) is 22.3 Å². The monoisotopic (exact) mass is 347 g/mol. The molecule has 0 N–H and O–H groups in total. The molecule has 0 aromatic heterocycles. The molecule has 0 aromatic rings. The fourth-order valence-corrected chi connectivity index (χ4v) is 0.600. The molecule has 2 heteroatoms. The van der Waals surface area contributed by atoms with E-state index in [4.69, 9.17) is 6.58 Å². The Morgan fingerprint density at radius 1 is 1.38 bits per heavy atom. The van der Waals surface area contributed by atoms with Crippen molar-refractivity contribution in [3.8, 4) is 0 Å². The van der Waals surface area contributed by atoms with Gasteiger partial charge >= 0.3 is 21.1 Å². The quantitative estimate of drug-likeness (QED) is 0.413. The van der Waals surface area contributed by atoms with Crippen molar-refractivity contribution in [3.63, 3.8) is 0 Å². The Labute approximate surface area is 96.3 Å². The number of rotatable bonds is 2. The number of aliphatic imine (C=N–C) groups is 1. The van der Waals surface area contributed by atoms with E-state index in [1.807, 2.05) is 6.08 Å². The second-order valence-corrected chi connectivity index (χ2v) is 3.84. The zero-order chi connectivity index (χ0) is 9.78. The minimum atomic E-state index is 0. The average molecular weight is 347 g/mol. The number of allylic oxidation sites excluding steroid dienone is 2. The Bertz CT molecular complexity index is 219. The second-order valence-electron chi connectivity index (χ2n) is 3.84. The van der Waals surface area contributed by atoms with Crippen LogP contribution >= 0.6 is 0 Å². The molecule has 0 saturated carbocycles. The molecular formula is C11H17NW. The van der Waals surface area contributed by atoms with Gasteiger partial charge in [-0.1, -0.05) is 27.7 Å². The molecule has 0 radical (unpaired) electrons. The number of nitrogens with zero attached hydrogens (tertiary/aromatic N) is 1. The molecule has 0 aliphatic heterocycles. The van der Waals surface area contributed by atoms with Gasteiger partial charge in [0.05, 0.1) is 0 Å². The normalized spacial score (nSPS) is 12.8. The fourth-order valence-electron chi connectivity index (χ4n) is 0.600. The summed E-state index contributed by atoms with van der Waals surface area (Å²) in [5.74, 6) is 0. The van der Waals surface area contributed by atoms with Gasteiger partial charge in [-0.15, -0.1) is 6.92 Å². The van der Waals surface area contributed by atoms with Gasteiger partial charge in [0.1, 0.15) is 0 Å². The van der Waals surface area contributed by atoms with Gasteiger partial charge < -0.3 is 11.6 Å². The Kier molecular flexibility index (Phi) is 7.44. The van der Waals surface area contributed by atoms with Crippen LogP contribution in [0.5, 0.6) is 0 Å². The first-order valence-corrected chi connectivity index (χ1v) is 4.06. The van der Waals surface area contributed by atoms with Gasteiger partial charge in [0.2, 0.25) is 0 Å². The Morgan fingerprint density at radius 3 is 2.15 bits per heavy atom.